The molecule has 4 aliphatic rings. The molecule has 0 aromatic rings. The van der Waals surface area contributed by atoms with Gasteiger partial charge in [0.15, 0.2) is 18.0 Å². The Morgan fingerprint density at radius 1 is 1.02 bits per heavy atom. The van der Waals surface area contributed by atoms with Crippen LogP contribution in [0.25, 0.3) is 0 Å². The number of carbonyl (C=O) groups is 4. The number of rotatable bonds is 14. The molecule has 0 aromatic heterocycles. The third-order valence-corrected chi connectivity index (χ3v) is 10.2. The van der Waals surface area contributed by atoms with Crippen LogP contribution in [0.1, 0.15) is 71.6 Å². The quantitative estimate of drug-likeness (QED) is 0.128. The molecule has 3 fully saturated rings. The highest BCUT2D eigenvalue weighted by molar-refractivity contribution is 6.01. The van der Waals surface area contributed by atoms with E-state index in [0.717, 1.165) is 5.57 Å². The zero-order valence-corrected chi connectivity index (χ0v) is 24.8. The summed E-state index contributed by atoms with van der Waals surface area (Å²) in [4.78, 5) is 80.7. The van der Waals surface area contributed by atoms with Gasteiger partial charge in [0.2, 0.25) is 5.78 Å². The smallest absolute Gasteiger partial charge is 0.306 e. The largest absolute Gasteiger partial charge is 0.457 e. The third-order valence-electron chi connectivity index (χ3n) is 10.2. The maximum Gasteiger partial charge on any atom is 0.306 e. The number of esters is 2. The maximum atomic E-state index is 14.0. The van der Waals surface area contributed by atoms with Gasteiger partial charge in [0.25, 0.3) is 10.2 Å². The predicted octanol–water partition coefficient (Wildman–Crippen LogP) is 2.64. The Bertz CT molecular complexity index is 1260. The van der Waals surface area contributed by atoms with E-state index in [4.69, 9.17) is 9.47 Å². The van der Waals surface area contributed by atoms with E-state index in [1.54, 1.807) is 6.08 Å². The number of aliphatic hydroxyl groups is 1. The summed E-state index contributed by atoms with van der Waals surface area (Å²) in [5, 5.41) is 30.5. The Balaban J connectivity index is 1.56. The average Bonchev–Trinajstić information content (AvgIpc) is 3.24. The molecule has 4 rings (SSSR count). The van der Waals surface area contributed by atoms with Gasteiger partial charge in [-0.25, -0.2) is 0 Å². The molecule has 15 heteroatoms. The molecule has 2 unspecified atom stereocenters. The molecule has 3 saturated carbocycles. The highest BCUT2D eigenvalue weighted by Crippen LogP contribution is 2.68. The summed E-state index contributed by atoms with van der Waals surface area (Å²) in [6, 6.07) is 0. The summed E-state index contributed by atoms with van der Waals surface area (Å²) in [7, 11) is 0. The normalized spacial score (nSPS) is 33.6. The van der Waals surface area contributed by atoms with Gasteiger partial charge in [-0.3, -0.25) is 19.2 Å². The average molecular weight is 623 g/mol. The summed E-state index contributed by atoms with van der Waals surface area (Å²) in [5.74, 6) is -2.74. The fourth-order valence-electron chi connectivity index (χ4n) is 8.29. The molecule has 7 atom stereocenters. The van der Waals surface area contributed by atoms with Crippen LogP contribution in [0.15, 0.2) is 23.8 Å². The number of nitrogens with zero attached hydrogens (tertiary/aromatic N) is 2. The standard InChI is InChI=1S/C29H38N2O13/c1-27-11-9-19(32)15-18(27)7-8-20-21-10-12-29(28(21,2)16-22(33)26(20)27,44-25(36)6-4-14-43-31(39)40)23(34)17-41-24(35)5-3-13-42-30(37)38/h9,11,15,20-22,26,33H,3-8,10,12-14,16-17H2,1-2H3/t20?,21?,22-,26+,27-,28-,29-/m0/s1. The van der Waals surface area contributed by atoms with E-state index in [2.05, 4.69) is 9.68 Å². The first-order chi connectivity index (χ1) is 20.7. The lowest BCUT2D eigenvalue weighted by molar-refractivity contribution is -0.757. The first-order valence-corrected chi connectivity index (χ1v) is 14.8. The highest BCUT2D eigenvalue weighted by atomic mass is 17.0. The van der Waals surface area contributed by atoms with E-state index in [1.807, 2.05) is 19.9 Å². The van der Waals surface area contributed by atoms with Crippen molar-refractivity contribution in [2.75, 3.05) is 19.8 Å². The zero-order chi connectivity index (χ0) is 32.3. The molecule has 0 saturated heterocycles. The lowest BCUT2D eigenvalue weighted by Crippen LogP contribution is -2.63. The maximum absolute atomic E-state index is 14.0. The van der Waals surface area contributed by atoms with Crippen LogP contribution in [0.2, 0.25) is 0 Å². The van der Waals surface area contributed by atoms with E-state index in [9.17, 15) is 44.5 Å². The van der Waals surface area contributed by atoms with Gasteiger partial charge < -0.3 is 24.3 Å². The van der Waals surface area contributed by atoms with Crippen molar-refractivity contribution in [2.45, 2.75) is 83.3 Å². The van der Waals surface area contributed by atoms with Crippen molar-refractivity contribution in [2.24, 2.45) is 28.6 Å². The van der Waals surface area contributed by atoms with Crippen molar-refractivity contribution in [3.63, 3.8) is 0 Å². The fourth-order valence-corrected chi connectivity index (χ4v) is 8.29. The molecule has 0 amide bonds. The number of ketones is 2. The molecular weight excluding hydrogens is 584 g/mol. The molecular formula is C29H38N2O13. The van der Waals surface area contributed by atoms with E-state index in [0.29, 0.717) is 19.3 Å². The molecule has 0 aliphatic heterocycles. The predicted molar refractivity (Wildman–Crippen MR) is 147 cm³/mol. The molecule has 0 heterocycles. The molecule has 0 radical (unpaired) electrons. The number of aliphatic hydroxyl groups excluding tert-OH is 1. The van der Waals surface area contributed by atoms with E-state index in [1.165, 1.54) is 6.08 Å². The van der Waals surface area contributed by atoms with E-state index < -0.39 is 57.0 Å². The minimum Gasteiger partial charge on any atom is -0.457 e. The minimum absolute atomic E-state index is 0.00928. The van der Waals surface area contributed by atoms with Crippen LogP contribution in [0, 0.1) is 48.8 Å². The van der Waals surface area contributed by atoms with Crippen molar-refractivity contribution >= 4 is 23.5 Å². The molecule has 0 bridgehead atoms. The first-order valence-electron chi connectivity index (χ1n) is 14.8. The molecule has 1 N–H and O–H groups in total. The zero-order valence-electron chi connectivity index (χ0n) is 24.8. The van der Waals surface area contributed by atoms with Crippen molar-refractivity contribution < 1.29 is 53.6 Å². The summed E-state index contributed by atoms with van der Waals surface area (Å²) < 4.78 is 11.2. The van der Waals surface area contributed by atoms with E-state index >= 15 is 0 Å². The van der Waals surface area contributed by atoms with Gasteiger partial charge in [0.1, 0.15) is 0 Å². The van der Waals surface area contributed by atoms with Gasteiger partial charge in [0, 0.05) is 29.6 Å². The molecule has 15 nitrogen and oxygen atoms in total. The Kier molecular flexibility index (Phi) is 9.76. The number of allylic oxidation sites excluding steroid dienone is 4. The lowest BCUT2D eigenvalue weighted by atomic mass is 9.46. The Labute approximate surface area is 253 Å². The van der Waals surface area contributed by atoms with Gasteiger partial charge in [-0.05, 0) is 68.9 Å². The van der Waals surface area contributed by atoms with Crippen LogP contribution < -0.4 is 0 Å². The third kappa shape index (κ3) is 6.33. The number of carbonyl (C=O) groups excluding carboxylic acids is 4. The summed E-state index contributed by atoms with van der Waals surface area (Å²) >= 11 is 0. The van der Waals surface area contributed by atoms with Crippen LogP contribution in [0.4, 0.5) is 0 Å². The SMILES string of the molecule is C[C@]12C=CC(=O)C=C1CCC1C3CC[C@](OC(=O)CCCO[N+](=O)[O-])(C(=O)COC(=O)CCCO[N+](=O)[O-])[C@@]3(C)C[C@H](O)[C@@H]12. The highest BCUT2D eigenvalue weighted by Gasteiger charge is 2.70. The van der Waals surface area contributed by atoms with Crippen LogP contribution in [-0.4, -0.2) is 70.3 Å². The second-order valence-corrected chi connectivity index (χ2v) is 12.5. The number of fused-ring (bicyclic) bond motifs is 5. The summed E-state index contributed by atoms with van der Waals surface area (Å²) in [6.45, 7) is 2.45. The molecule has 0 spiro atoms. The van der Waals surface area contributed by atoms with Gasteiger partial charge in [0.05, 0.1) is 19.3 Å². The van der Waals surface area contributed by atoms with Gasteiger partial charge in [-0.15, -0.1) is 20.2 Å². The molecule has 44 heavy (non-hydrogen) atoms. The Morgan fingerprint density at radius 3 is 2.30 bits per heavy atom. The van der Waals surface area contributed by atoms with Crippen LogP contribution in [0.5, 0.6) is 0 Å². The summed E-state index contributed by atoms with van der Waals surface area (Å²) in [5.41, 5.74) is -2.35. The Morgan fingerprint density at radius 2 is 1.66 bits per heavy atom. The van der Waals surface area contributed by atoms with E-state index in [-0.39, 0.29) is 75.3 Å². The van der Waals surface area contributed by atoms with Gasteiger partial charge >= 0.3 is 11.9 Å². The number of Topliss-reactive ketones (excluding diaryl/α,β-unsaturated/α-hetero) is 1. The lowest BCUT2D eigenvalue weighted by Gasteiger charge is -2.59. The van der Waals surface area contributed by atoms with Crippen molar-refractivity contribution in [3.05, 3.63) is 44.0 Å². The number of hydrogen-bond acceptors (Lipinski definition) is 13. The second-order valence-electron chi connectivity index (χ2n) is 12.5. The summed E-state index contributed by atoms with van der Waals surface area (Å²) in [6.07, 6.45) is 5.62. The fraction of sp³-hybridized carbons (Fsp3) is 0.724. The monoisotopic (exact) mass is 622 g/mol. The van der Waals surface area contributed by atoms with Crippen LogP contribution in [-0.2, 0) is 38.3 Å². The number of ether oxygens (including phenoxy) is 2. The Hall–Kier alpha value is -3.88. The van der Waals surface area contributed by atoms with Crippen molar-refractivity contribution in [1.82, 2.24) is 0 Å². The van der Waals surface area contributed by atoms with Crippen LogP contribution >= 0.6 is 0 Å². The first kappa shape index (κ1) is 33.0. The molecule has 242 valence electrons. The van der Waals surface area contributed by atoms with Gasteiger partial charge in [-0.2, -0.15) is 0 Å². The van der Waals surface area contributed by atoms with Crippen molar-refractivity contribution in [1.29, 1.82) is 0 Å². The van der Waals surface area contributed by atoms with Gasteiger partial charge in [-0.1, -0.05) is 25.5 Å². The second kappa shape index (κ2) is 13.0. The van der Waals surface area contributed by atoms with Crippen LogP contribution in [0.3, 0.4) is 0 Å². The minimum atomic E-state index is -1.74. The topological polar surface area (TPSA) is 212 Å². The number of hydrogen-bond donors (Lipinski definition) is 1. The molecule has 0 aromatic carbocycles. The molecule has 4 aliphatic carbocycles. The van der Waals surface area contributed by atoms with Crippen molar-refractivity contribution in [3.8, 4) is 0 Å².